The van der Waals surface area contributed by atoms with Gasteiger partial charge in [-0.3, -0.25) is 19.1 Å². The van der Waals surface area contributed by atoms with Gasteiger partial charge in [-0.05, 0) is 55.4 Å². The summed E-state index contributed by atoms with van der Waals surface area (Å²) in [6.45, 7) is 7.33. The van der Waals surface area contributed by atoms with E-state index in [0.717, 1.165) is 28.6 Å². The number of hydrogen-bond donors (Lipinski definition) is 1. The van der Waals surface area contributed by atoms with Crippen LogP contribution in [0.5, 0.6) is 0 Å². The van der Waals surface area contributed by atoms with Crippen LogP contribution in [0, 0.1) is 19.3 Å². The molecule has 2 amide bonds. The molecule has 1 aromatic carbocycles. The highest BCUT2D eigenvalue weighted by molar-refractivity contribution is 6.07. The Balaban J connectivity index is 1.54. The highest BCUT2D eigenvalue weighted by Crippen LogP contribution is 2.59. The molecular formula is C25H28N6O3. The number of carbonyl (C=O) groups is 3. The number of hydrogen-bond acceptors (Lipinski definition) is 6. The van der Waals surface area contributed by atoms with E-state index >= 15 is 0 Å². The Morgan fingerprint density at radius 3 is 2.47 bits per heavy atom. The van der Waals surface area contributed by atoms with E-state index in [0.29, 0.717) is 23.3 Å². The summed E-state index contributed by atoms with van der Waals surface area (Å²) in [6, 6.07) is 3.50. The van der Waals surface area contributed by atoms with Crippen LogP contribution < -0.4 is 5.32 Å². The summed E-state index contributed by atoms with van der Waals surface area (Å²) in [7, 11) is 1.59. The summed E-state index contributed by atoms with van der Waals surface area (Å²) in [4.78, 5) is 48.7. The molecule has 176 valence electrons. The van der Waals surface area contributed by atoms with E-state index < -0.39 is 6.04 Å². The van der Waals surface area contributed by atoms with Gasteiger partial charge in [-0.2, -0.15) is 5.10 Å². The molecule has 34 heavy (non-hydrogen) atoms. The van der Waals surface area contributed by atoms with Gasteiger partial charge in [0.15, 0.2) is 5.78 Å². The van der Waals surface area contributed by atoms with Crippen LogP contribution in [-0.4, -0.2) is 61.4 Å². The lowest BCUT2D eigenvalue weighted by Crippen LogP contribution is -2.48. The standard InChI is InChI=1S/C25H28N6O3/c1-13-6-16(17-10-27-15(3)28-11-17)7-18-22(14(2)32)29-30(23(13)18)12-21(33)31-19(24(34)26-5)8-25(4)9-20(25)31/h6-7,10-11,19-20H,8-9,12H2,1-5H3,(H,26,34)/t19-,20+,25-/m0/s1. The fraction of sp³-hybridized carbons (Fsp3) is 0.440. The largest absolute Gasteiger partial charge is 0.357 e. The molecule has 1 aliphatic heterocycles. The number of carbonyl (C=O) groups excluding carboxylic acids is 3. The molecular weight excluding hydrogens is 432 g/mol. The van der Waals surface area contributed by atoms with Gasteiger partial charge in [-0.25, -0.2) is 9.97 Å². The molecule has 3 atom stereocenters. The first-order chi connectivity index (χ1) is 16.1. The number of rotatable bonds is 5. The summed E-state index contributed by atoms with van der Waals surface area (Å²) < 4.78 is 1.61. The zero-order valence-electron chi connectivity index (χ0n) is 20.0. The van der Waals surface area contributed by atoms with Gasteiger partial charge in [0, 0.05) is 43.4 Å². The number of nitrogens with one attached hydrogen (secondary N) is 1. The SMILES string of the molecule is CNC(=O)[C@@H]1C[C@@]2(C)C[C@H]2N1C(=O)Cn1nc(C(C)=O)c2cc(-c3cnc(C)nc3)cc(C)c21. The Labute approximate surface area is 197 Å². The molecule has 9 nitrogen and oxygen atoms in total. The maximum Gasteiger partial charge on any atom is 0.245 e. The number of aryl methyl sites for hydroxylation is 2. The molecule has 1 N–H and O–H groups in total. The molecule has 2 aromatic heterocycles. The van der Waals surface area contributed by atoms with E-state index in [1.807, 2.05) is 26.0 Å². The summed E-state index contributed by atoms with van der Waals surface area (Å²) in [5.41, 5.74) is 3.68. The van der Waals surface area contributed by atoms with Crippen LogP contribution in [0.1, 0.15) is 48.6 Å². The van der Waals surface area contributed by atoms with Gasteiger partial charge in [-0.15, -0.1) is 0 Å². The van der Waals surface area contributed by atoms with Gasteiger partial charge in [0.2, 0.25) is 11.8 Å². The van der Waals surface area contributed by atoms with Crippen molar-refractivity contribution in [2.24, 2.45) is 5.41 Å². The summed E-state index contributed by atoms with van der Waals surface area (Å²) >= 11 is 0. The minimum atomic E-state index is -0.468. The Bertz CT molecular complexity index is 1340. The van der Waals surface area contributed by atoms with Crippen molar-refractivity contribution in [3.05, 3.63) is 41.6 Å². The van der Waals surface area contributed by atoms with Crippen molar-refractivity contribution in [3.63, 3.8) is 0 Å². The molecule has 3 aromatic rings. The minimum absolute atomic E-state index is 0.00446. The van der Waals surface area contributed by atoms with Crippen molar-refractivity contribution in [1.29, 1.82) is 0 Å². The van der Waals surface area contributed by atoms with Crippen molar-refractivity contribution in [3.8, 4) is 11.1 Å². The van der Waals surface area contributed by atoms with E-state index in [1.54, 1.807) is 29.0 Å². The van der Waals surface area contributed by atoms with Crippen molar-refractivity contribution in [2.45, 2.75) is 59.2 Å². The van der Waals surface area contributed by atoms with E-state index in [2.05, 4.69) is 27.3 Å². The maximum absolute atomic E-state index is 13.5. The number of likely N-dealkylation sites (N-methyl/N-ethyl adjacent to an activating group) is 1. The summed E-state index contributed by atoms with van der Waals surface area (Å²) in [5, 5.41) is 7.92. The zero-order chi connectivity index (χ0) is 24.4. The van der Waals surface area contributed by atoms with Gasteiger partial charge in [0.1, 0.15) is 24.1 Å². The maximum atomic E-state index is 13.5. The Morgan fingerprint density at radius 2 is 1.82 bits per heavy atom. The average molecular weight is 461 g/mol. The topological polar surface area (TPSA) is 110 Å². The van der Waals surface area contributed by atoms with Gasteiger partial charge >= 0.3 is 0 Å². The second-order valence-corrected chi connectivity index (χ2v) is 9.78. The molecule has 3 heterocycles. The van der Waals surface area contributed by atoms with Gasteiger partial charge in [0.05, 0.1) is 5.52 Å². The Hall–Kier alpha value is -3.62. The molecule has 9 heteroatoms. The number of amides is 2. The lowest BCUT2D eigenvalue weighted by Gasteiger charge is -2.26. The predicted octanol–water partition coefficient (Wildman–Crippen LogP) is 2.44. The molecule has 0 bridgehead atoms. The van der Waals surface area contributed by atoms with E-state index in [1.165, 1.54) is 6.92 Å². The highest BCUT2D eigenvalue weighted by Gasteiger charge is 2.64. The van der Waals surface area contributed by atoms with Crippen molar-refractivity contribution >= 4 is 28.5 Å². The van der Waals surface area contributed by atoms with Crippen molar-refractivity contribution < 1.29 is 14.4 Å². The lowest BCUT2D eigenvalue weighted by atomic mass is 10.0. The molecule has 2 fully saturated rings. The van der Waals surface area contributed by atoms with E-state index in [-0.39, 0.29) is 35.6 Å². The van der Waals surface area contributed by atoms with Gasteiger partial charge in [-0.1, -0.05) is 6.92 Å². The van der Waals surface area contributed by atoms with Crippen LogP contribution in [0.15, 0.2) is 24.5 Å². The van der Waals surface area contributed by atoms with Crippen LogP contribution in [0.3, 0.4) is 0 Å². The smallest absolute Gasteiger partial charge is 0.245 e. The third-order valence-corrected chi connectivity index (χ3v) is 7.24. The monoisotopic (exact) mass is 460 g/mol. The third-order valence-electron chi connectivity index (χ3n) is 7.24. The number of fused-ring (bicyclic) bond motifs is 2. The van der Waals surface area contributed by atoms with Crippen LogP contribution in [0.25, 0.3) is 22.0 Å². The van der Waals surface area contributed by atoms with Crippen LogP contribution >= 0.6 is 0 Å². The number of aromatic nitrogens is 4. The second-order valence-electron chi connectivity index (χ2n) is 9.78. The van der Waals surface area contributed by atoms with Crippen LogP contribution in [0.4, 0.5) is 0 Å². The van der Waals surface area contributed by atoms with E-state index in [4.69, 9.17) is 0 Å². The summed E-state index contributed by atoms with van der Waals surface area (Å²) in [5.74, 6) is 0.209. The molecule has 5 rings (SSSR count). The first-order valence-electron chi connectivity index (χ1n) is 11.5. The number of Topliss-reactive ketones (excluding diaryl/α,β-unsaturated/α-hetero) is 1. The number of nitrogens with zero attached hydrogens (tertiary/aromatic N) is 5. The predicted molar refractivity (Wildman–Crippen MR) is 126 cm³/mol. The molecule has 0 spiro atoms. The molecule has 2 aliphatic rings. The minimum Gasteiger partial charge on any atom is -0.357 e. The quantitative estimate of drug-likeness (QED) is 0.586. The average Bonchev–Trinajstić information content (AvgIpc) is 3.15. The number of likely N-dealkylation sites (tertiary alicyclic amines) is 1. The second kappa shape index (κ2) is 7.72. The van der Waals surface area contributed by atoms with Gasteiger partial charge in [0.25, 0.3) is 0 Å². The first-order valence-corrected chi connectivity index (χ1v) is 11.5. The van der Waals surface area contributed by atoms with Crippen molar-refractivity contribution in [1.82, 2.24) is 30.0 Å². The van der Waals surface area contributed by atoms with Crippen molar-refractivity contribution in [2.75, 3.05) is 7.05 Å². The lowest BCUT2D eigenvalue weighted by molar-refractivity contribution is -0.140. The highest BCUT2D eigenvalue weighted by atomic mass is 16.2. The number of piperidine rings is 1. The number of benzene rings is 1. The fourth-order valence-corrected chi connectivity index (χ4v) is 5.35. The van der Waals surface area contributed by atoms with E-state index in [9.17, 15) is 14.4 Å². The van der Waals surface area contributed by atoms with Crippen LogP contribution in [-0.2, 0) is 16.1 Å². The molecule has 1 aliphatic carbocycles. The summed E-state index contributed by atoms with van der Waals surface area (Å²) in [6.07, 6.45) is 5.08. The zero-order valence-corrected chi connectivity index (χ0v) is 20.0. The Morgan fingerprint density at radius 1 is 1.12 bits per heavy atom. The number of ketones is 1. The van der Waals surface area contributed by atoms with Gasteiger partial charge < -0.3 is 10.2 Å². The normalized spacial score (nSPS) is 23.1. The molecule has 1 saturated heterocycles. The molecule has 0 unspecified atom stereocenters. The Kier molecular flexibility index (Phi) is 5.03. The first kappa shape index (κ1) is 22.2. The third kappa shape index (κ3) is 3.46. The fourth-order valence-electron chi connectivity index (χ4n) is 5.35. The molecule has 1 saturated carbocycles. The van der Waals surface area contributed by atoms with Crippen LogP contribution in [0.2, 0.25) is 0 Å². The molecule has 0 radical (unpaired) electrons.